The SMILES string of the molecule is Cc1ccc(N(c2ccc(-c3ccccc3)cc2)c2ccc3c(c2)C(C)(C)c2cc(/C=C/c4ccc5c(c4)C(C)(C)c4cc(N(c6ccccc6)c6ccccc6)ccc4-5)ccc2-3)cc1. The average Bonchev–Trinajstić information content (AvgIpc) is 3.71. The largest absolute Gasteiger partial charge is 0.310 e. The standard InChI is InChI=1S/C63H52N2/c1-43-21-29-50(30-22-43)65(51-31-27-47(28-32-51)46-15-9-6-10-16-46)53-34-38-57-55-36-26-45(40-59(55)63(4,5)61(57)42-53)24-23-44-25-35-54-56-37-33-52(41-60(56)62(2,3)58(54)39-44)64(48-17-11-7-12-18-48)49-19-13-8-14-20-49/h6-42H,1-5H3/b24-23+. The third-order valence-corrected chi connectivity index (χ3v) is 13.9. The van der Waals surface area contributed by atoms with Gasteiger partial charge in [0.25, 0.3) is 0 Å². The van der Waals surface area contributed by atoms with Gasteiger partial charge in [0.15, 0.2) is 0 Å². The van der Waals surface area contributed by atoms with Gasteiger partial charge in [0, 0.05) is 45.0 Å². The highest BCUT2D eigenvalue weighted by Crippen LogP contribution is 2.53. The molecule has 2 aliphatic carbocycles. The van der Waals surface area contributed by atoms with Gasteiger partial charge in [-0.05, 0) is 146 Å². The Labute approximate surface area is 384 Å². The maximum Gasteiger partial charge on any atom is 0.0465 e. The van der Waals surface area contributed by atoms with Crippen molar-refractivity contribution in [2.24, 2.45) is 0 Å². The molecule has 0 fully saturated rings. The fraction of sp³-hybridized carbons (Fsp3) is 0.111. The lowest BCUT2D eigenvalue weighted by Crippen LogP contribution is -2.16. The summed E-state index contributed by atoms with van der Waals surface area (Å²) >= 11 is 0. The van der Waals surface area contributed by atoms with E-state index < -0.39 is 0 Å². The van der Waals surface area contributed by atoms with Gasteiger partial charge in [0.1, 0.15) is 0 Å². The number of rotatable bonds is 9. The number of anilines is 6. The summed E-state index contributed by atoms with van der Waals surface area (Å²) in [7, 11) is 0. The number of hydrogen-bond acceptors (Lipinski definition) is 2. The number of nitrogens with zero attached hydrogens (tertiary/aromatic N) is 2. The second-order valence-corrected chi connectivity index (χ2v) is 18.7. The van der Waals surface area contributed by atoms with Crippen molar-refractivity contribution in [1.29, 1.82) is 0 Å². The van der Waals surface area contributed by atoms with E-state index in [1.165, 1.54) is 72.3 Å². The fourth-order valence-electron chi connectivity index (χ4n) is 10.3. The summed E-state index contributed by atoms with van der Waals surface area (Å²) in [5.74, 6) is 0. The monoisotopic (exact) mass is 836 g/mol. The van der Waals surface area contributed by atoms with Crippen molar-refractivity contribution in [3.63, 3.8) is 0 Å². The maximum absolute atomic E-state index is 2.42. The molecule has 0 atom stereocenters. The number of para-hydroxylation sites is 2. The van der Waals surface area contributed by atoms with Gasteiger partial charge in [-0.25, -0.2) is 0 Å². The number of aryl methyl sites for hydroxylation is 1. The van der Waals surface area contributed by atoms with Crippen LogP contribution in [0.25, 0.3) is 45.5 Å². The quantitative estimate of drug-likeness (QED) is 0.134. The molecule has 0 spiro atoms. The highest BCUT2D eigenvalue weighted by Gasteiger charge is 2.37. The Morgan fingerprint density at radius 3 is 1.06 bits per heavy atom. The van der Waals surface area contributed by atoms with Crippen LogP contribution in [-0.2, 0) is 10.8 Å². The predicted octanol–water partition coefficient (Wildman–Crippen LogP) is 17.4. The van der Waals surface area contributed by atoms with Crippen LogP contribution in [0.1, 0.15) is 66.6 Å². The molecule has 0 saturated heterocycles. The fourth-order valence-corrected chi connectivity index (χ4v) is 10.3. The van der Waals surface area contributed by atoms with E-state index in [2.05, 4.69) is 269 Å². The van der Waals surface area contributed by atoms with Crippen LogP contribution in [0.15, 0.2) is 212 Å². The lowest BCUT2D eigenvalue weighted by Gasteiger charge is -2.28. The minimum atomic E-state index is -0.181. The normalized spacial score (nSPS) is 13.8. The summed E-state index contributed by atoms with van der Waals surface area (Å²) in [6, 6.07) is 77.8. The van der Waals surface area contributed by atoms with Gasteiger partial charge in [-0.15, -0.1) is 0 Å². The molecule has 0 unspecified atom stereocenters. The molecular weight excluding hydrogens is 785 g/mol. The molecule has 314 valence electrons. The highest BCUT2D eigenvalue weighted by atomic mass is 15.1. The molecule has 65 heavy (non-hydrogen) atoms. The first-order valence-electron chi connectivity index (χ1n) is 22.8. The number of hydrogen-bond donors (Lipinski definition) is 0. The zero-order valence-electron chi connectivity index (χ0n) is 37.8. The molecule has 9 aromatic rings. The van der Waals surface area contributed by atoms with Crippen molar-refractivity contribution in [3.05, 3.63) is 251 Å². The van der Waals surface area contributed by atoms with Gasteiger partial charge in [0.2, 0.25) is 0 Å². The predicted molar refractivity (Wildman–Crippen MR) is 276 cm³/mol. The second kappa shape index (κ2) is 15.8. The Morgan fingerprint density at radius 2 is 0.631 bits per heavy atom. The van der Waals surface area contributed by atoms with Crippen molar-refractivity contribution in [3.8, 4) is 33.4 Å². The molecule has 0 N–H and O–H groups in total. The topological polar surface area (TPSA) is 6.48 Å². The molecule has 0 aromatic heterocycles. The van der Waals surface area contributed by atoms with Gasteiger partial charge in [-0.1, -0.05) is 185 Å². The van der Waals surface area contributed by atoms with E-state index in [9.17, 15) is 0 Å². The average molecular weight is 837 g/mol. The maximum atomic E-state index is 2.42. The first-order valence-corrected chi connectivity index (χ1v) is 22.8. The van der Waals surface area contributed by atoms with E-state index in [0.29, 0.717) is 0 Å². The van der Waals surface area contributed by atoms with Gasteiger partial charge >= 0.3 is 0 Å². The van der Waals surface area contributed by atoms with Crippen LogP contribution in [0.2, 0.25) is 0 Å². The van der Waals surface area contributed by atoms with Crippen LogP contribution in [-0.4, -0.2) is 0 Å². The molecule has 0 aliphatic heterocycles. The highest BCUT2D eigenvalue weighted by molar-refractivity contribution is 5.89. The van der Waals surface area contributed by atoms with Gasteiger partial charge in [0.05, 0.1) is 0 Å². The van der Waals surface area contributed by atoms with E-state index in [0.717, 1.165) is 34.1 Å². The molecule has 2 nitrogen and oxygen atoms in total. The minimum Gasteiger partial charge on any atom is -0.310 e. The molecule has 0 saturated carbocycles. The second-order valence-electron chi connectivity index (χ2n) is 18.7. The zero-order chi connectivity index (χ0) is 44.3. The number of benzene rings is 9. The van der Waals surface area contributed by atoms with E-state index >= 15 is 0 Å². The third kappa shape index (κ3) is 7.07. The number of fused-ring (bicyclic) bond motifs is 6. The van der Waals surface area contributed by atoms with Crippen molar-refractivity contribution >= 4 is 46.3 Å². The van der Waals surface area contributed by atoms with Gasteiger partial charge in [-0.2, -0.15) is 0 Å². The smallest absolute Gasteiger partial charge is 0.0465 e. The Bertz CT molecular complexity index is 3190. The van der Waals surface area contributed by atoms with Crippen molar-refractivity contribution in [1.82, 2.24) is 0 Å². The molecule has 9 aromatic carbocycles. The van der Waals surface area contributed by atoms with Crippen LogP contribution >= 0.6 is 0 Å². The lowest BCUT2D eigenvalue weighted by molar-refractivity contribution is 0.660. The summed E-state index contributed by atoms with van der Waals surface area (Å²) in [5, 5.41) is 0. The van der Waals surface area contributed by atoms with Crippen LogP contribution < -0.4 is 9.80 Å². The lowest BCUT2D eigenvalue weighted by atomic mass is 9.81. The summed E-state index contributed by atoms with van der Waals surface area (Å²) < 4.78 is 0. The minimum absolute atomic E-state index is 0.160. The van der Waals surface area contributed by atoms with Crippen molar-refractivity contribution < 1.29 is 0 Å². The Kier molecular flexibility index (Phi) is 9.78. The van der Waals surface area contributed by atoms with Gasteiger partial charge < -0.3 is 9.80 Å². The molecule has 0 radical (unpaired) electrons. The van der Waals surface area contributed by atoms with Crippen molar-refractivity contribution in [2.75, 3.05) is 9.80 Å². The Morgan fingerprint density at radius 1 is 0.308 bits per heavy atom. The molecular formula is C63H52N2. The van der Waals surface area contributed by atoms with E-state index in [1.807, 2.05) is 0 Å². The van der Waals surface area contributed by atoms with Gasteiger partial charge in [-0.3, -0.25) is 0 Å². The van der Waals surface area contributed by atoms with E-state index in [1.54, 1.807) is 0 Å². The summed E-state index contributed by atoms with van der Waals surface area (Å²) in [6.45, 7) is 11.7. The first-order chi connectivity index (χ1) is 31.6. The van der Waals surface area contributed by atoms with Crippen LogP contribution in [0.3, 0.4) is 0 Å². The van der Waals surface area contributed by atoms with Crippen LogP contribution in [0.5, 0.6) is 0 Å². The summed E-state index contributed by atoms with van der Waals surface area (Å²) in [6.07, 6.45) is 4.57. The summed E-state index contributed by atoms with van der Waals surface area (Å²) in [4.78, 5) is 4.75. The van der Waals surface area contributed by atoms with E-state index in [4.69, 9.17) is 0 Å². The Hall–Kier alpha value is -7.68. The Balaban J connectivity index is 0.879. The zero-order valence-corrected chi connectivity index (χ0v) is 37.8. The molecule has 2 aliphatic rings. The molecule has 0 heterocycles. The van der Waals surface area contributed by atoms with Crippen LogP contribution in [0.4, 0.5) is 34.1 Å². The van der Waals surface area contributed by atoms with Crippen LogP contribution in [0, 0.1) is 6.92 Å². The molecule has 0 bridgehead atoms. The van der Waals surface area contributed by atoms with Crippen molar-refractivity contribution in [2.45, 2.75) is 45.4 Å². The molecule has 0 amide bonds. The molecule has 2 heteroatoms. The molecule has 11 rings (SSSR count). The third-order valence-electron chi connectivity index (χ3n) is 13.9. The van der Waals surface area contributed by atoms with E-state index in [-0.39, 0.29) is 10.8 Å². The summed E-state index contributed by atoms with van der Waals surface area (Å²) in [5.41, 5.74) is 23.4. The first kappa shape index (κ1) is 40.1.